The molecule has 4 aromatic rings. The Hall–Kier alpha value is -3.98. The topological polar surface area (TPSA) is 100 Å². The first-order valence-electron chi connectivity index (χ1n) is 10.3. The van der Waals surface area contributed by atoms with Gasteiger partial charge in [-0.25, -0.2) is 9.18 Å². The fourth-order valence-corrected chi connectivity index (χ4v) is 4.89. The van der Waals surface area contributed by atoms with Gasteiger partial charge in [-0.1, -0.05) is 18.2 Å². The van der Waals surface area contributed by atoms with Gasteiger partial charge in [-0.3, -0.25) is 9.78 Å². The lowest BCUT2D eigenvalue weighted by atomic mass is 10.1. The summed E-state index contributed by atoms with van der Waals surface area (Å²) in [5.74, 6) is -0.835. The molecule has 4 N–H and O–H groups in total. The van der Waals surface area contributed by atoms with Crippen molar-refractivity contribution in [2.45, 2.75) is 13.0 Å². The van der Waals surface area contributed by atoms with Crippen molar-refractivity contribution in [3.05, 3.63) is 81.9 Å². The van der Waals surface area contributed by atoms with Crippen LogP contribution in [-0.2, 0) is 13.0 Å². The number of pyridine rings is 1. The van der Waals surface area contributed by atoms with E-state index in [1.54, 1.807) is 11.1 Å². The fraction of sp³-hybridized carbons (Fsp3) is 0.125. The maximum Gasteiger partial charge on any atom is 0.322 e. The van der Waals surface area contributed by atoms with E-state index in [0.717, 1.165) is 21.3 Å². The molecule has 2 aromatic heterocycles. The quantitative estimate of drug-likeness (QED) is 0.379. The molecule has 0 bridgehead atoms. The second-order valence-corrected chi connectivity index (χ2v) is 8.90. The van der Waals surface area contributed by atoms with Crippen LogP contribution in [0.15, 0.2) is 60.8 Å². The first-order valence-corrected chi connectivity index (χ1v) is 11.2. The molecule has 0 fully saturated rings. The summed E-state index contributed by atoms with van der Waals surface area (Å²) in [7, 11) is 0. The lowest BCUT2D eigenvalue weighted by Gasteiger charge is -2.27. The van der Waals surface area contributed by atoms with Gasteiger partial charge in [-0.2, -0.15) is 0 Å². The summed E-state index contributed by atoms with van der Waals surface area (Å²) in [5.41, 5.74) is 8.87. The van der Waals surface area contributed by atoms with Gasteiger partial charge < -0.3 is 21.3 Å². The Kier molecular flexibility index (Phi) is 5.39. The van der Waals surface area contributed by atoms with Crippen LogP contribution in [0.5, 0.6) is 0 Å². The molecule has 166 valence electrons. The molecule has 0 unspecified atom stereocenters. The van der Waals surface area contributed by atoms with E-state index < -0.39 is 5.82 Å². The Balaban J connectivity index is 1.27. The number of amides is 3. The molecule has 0 atom stereocenters. The highest BCUT2D eigenvalue weighted by atomic mass is 32.1. The Morgan fingerprint density at radius 1 is 1.09 bits per heavy atom. The number of hydrogen-bond acceptors (Lipinski definition) is 5. The maximum absolute atomic E-state index is 13.5. The molecule has 0 saturated heterocycles. The van der Waals surface area contributed by atoms with Gasteiger partial charge in [0.15, 0.2) is 0 Å². The van der Waals surface area contributed by atoms with Crippen molar-refractivity contribution < 1.29 is 14.0 Å². The minimum Gasteiger partial charge on any atom is -0.397 e. The van der Waals surface area contributed by atoms with E-state index in [2.05, 4.69) is 15.6 Å². The van der Waals surface area contributed by atoms with Crippen molar-refractivity contribution in [2.75, 3.05) is 22.9 Å². The van der Waals surface area contributed by atoms with Gasteiger partial charge in [0, 0.05) is 16.8 Å². The number of aromatic nitrogens is 1. The third-order valence-electron chi connectivity index (χ3n) is 5.50. The molecular weight excluding hydrogens is 441 g/mol. The van der Waals surface area contributed by atoms with Crippen molar-refractivity contribution in [1.29, 1.82) is 0 Å². The molecule has 1 aliphatic heterocycles. The number of hydrogen-bond donors (Lipinski definition) is 3. The van der Waals surface area contributed by atoms with E-state index in [1.807, 2.05) is 36.4 Å². The molecule has 0 aliphatic carbocycles. The monoisotopic (exact) mass is 461 g/mol. The summed E-state index contributed by atoms with van der Waals surface area (Å²) >= 11 is 1.32. The Morgan fingerprint density at radius 2 is 1.94 bits per heavy atom. The van der Waals surface area contributed by atoms with E-state index >= 15 is 0 Å². The number of benzene rings is 2. The summed E-state index contributed by atoms with van der Waals surface area (Å²) < 4.78 is 13.5. The third kappa shape index (κ3) is 4.35. The van der Waals surface area contributed by atoms with Crippen LogP contribution in [0.4, 0.5) is 26.2 Å². The smallest absolute Gasteiger partial charge is 0.322 e. The van der Waals surface area contributed by atoms with E-state index in [9.17, 15) is 14.0 Å². The van der Waals surface area contributed by atoms with E-state index in [0.29, 0.717) is 30.1 Å². The second kappa shape index (κ2) is 8.51. The van der Waals surface area contributed by atoms with Crippen molar-refractivity contribution in [3.63, 3.8) is 0 Å². The van der Waals surface area contributed by atoms with Gasteiger partial charge in [-0.15, -0.1) is 11.3 Å². The SMILES string of the molecule is Nc1ccc(F)cc1NC(=O)c1cc2c(s1)CN(C(=O)Nc1cnc3ccccc3c1)CC2. The summed E-state index contributed by atoms with van der Waals surface area (Å²) in [6.45, 7) is 0.941. The number of rotatable bonds is 3. The molecule has 5 rings (SSSR count). The number of nitrogens with one attached hydrogen (secondary N) is 2. The van der Waals surface area contributed by atoms with Gasteiger partial charge in [0.2, 0.25) is 0 Å². The van der Waals surface area contributed by atoms with Crippen LogP contribution in [0.3, 0.4) is 0 Å². The maximum atomic E-state index is 13.5. The van der Waals surface area contributed by atoms with Crippen LogP contribution in [0.2, 0.25) is 0 Å². The van der Waals surface area contributed by atoms with Crippen molar-refractivity contribution >= 4 is 51.2 Å². The molecule has 33 heavy (non-hydrogen) atoms. The number of thiophene rings is 1. The number of para-hydroxylation sites is 1. The summed E-state index contributed by atoms with van der Waals surface area (Å²) in [4.78, 5) is 33.0. The van der Waals surface area contributed by atoms with Crippen LogP contribution in [0.25, 0.3) is 10.9 Å². The van der Waals surface area contributed by atoms with Gasteiger partial charge in [0.1, 0.15) is 5.82 Å². The van der Waals surface area contributed by atoms with Crippen molar-refractivity contribution in [1.82, 2.24) is 9.88 Å². The number of fused-ring (bicyclic) bond motifs is 2. The standard InChI is InChI=1S/C24H20FN5O2S/c25-16-5-6-18(26)20(11-16)29-23(31)21-10-15-7-8-30(13-22(15)33-21)24(32)28-17-9-14-3-1-2-4-19(14)27-12-17/h1-6,9-12H,7-8,13,26H2,(H,28,32)(H,29,31). The van der Waals surface area contributed by atoms with E-state index in [-0.39, 0.29) is 23.3 Å². The van der Waals surface area contributed by atoms with E-state index in [4.69, 9.17) is 5.73 Å². The van der Waals surface area contributed by atoms with Gasteiger partial charge in [-0.05, 0) is 48.4 Å². The van der Waals surface area contributed by atoms with Gasteiger partial charge in [0.05, 0.1) is 40.2 Å². The Bertz CT molecular complexity index is 1390. The normalized spacial score (nSPS) is 12.9. The van der Waals surface area contributed by atoms with Crippen LogP contribution in [-0.4, -0.2) is 28.4 Å². The van der Waals surface area contributed by atoms with Crippen molar-refractivity contribution in [3.8, 4) is 0 Å². The highest BCUT2D eigenvalue weighted by molar-refractivity contribution is 7.14. The largest absolute Gasteiger partial charge is 0.397 e. The van der Waals surface area contributed by atoms with Crippen LogP contribution in [0, 0.1) is 5.82 Å². The average molecular weight is 462 g/mol. The molecule has 0 spiro atoms. The highest BCUT2D eigenvalue weighted by Gasteiger charge is 2.25. The lowest BCUT2D eigenvalue weighted by molar-refractivity contribution is 0.103. The highest BCUT2D eigenvalue weighted by Crippen LogP contribution is 2.30. The zero-order valence-electron chi connectivity index (χ0n) is 17.5. The predicted molar refractivity (Wildman–Crippen MR) is 128 cm³/mol. The average Bonchev–Trinajstić information content (AvgIpc) is 3.25. The van der Waals surface area contributed by atoms with Crippen LogP contribution in [0.1, 0.15) is 20.1 Å². The molecule has 1 aliphatic rings. The molecule has 3 heterocycles. The summed E-state index contributed by atoms with van der Waals surface area (Å²) in [6.07, 6.45) is 2.28. The Labute approximate surface area is 193 Å². The lowest BCUT2D eigenvalue weighted by Crippen LogP contribution is -2.38. The number of urea groups is 1. The van der Waals surface area contributed by atoms with E-state index in [1.165, 1.54) is 29.5 Å². The number of carbonyl (C=O) groups is 2. The molecule has 0 saturated carbocycles. The zero-order chi connectivity index (χ0) is 22.9. The summed E-state index contributed by atoms with van der Waals surface area (Å²) in [5, 5.41) is 6.52. The number of nitrogens with two attached hydrogens (primary N) is 1. The minimum absolute atomic E-state index is 0.218. The number of halogens is 1. The van der Waals surface area contributed by atoms with Crippen molar-refractivity contribution in [2.24, 2.45) is 0 Å². The first kappa shape index (κ1) is 20.9. The first-order chi connectivity index (χ1) is 16.0. The number of anilines is 3. The molecule has 0 radical (unpaired) electrons. The molecule has 2 aromatic carbocycles. The molecule has 3 amide bonds. The zero-order valence-corrected chi connectivity index (χ0v) is 18.3. The molecule has 7 nitrogen and oxygen atoms in total. The predicted octanol–water partition coefficient (Wildman–Crippen LogP) is 4.86. The number of nitrogens with zero attached hydrogens (tertiary/aromatic N) is 2. The second-order valence-electron chi connectivity index (χ2n) is 7.76. The number of carbonyl (C=O) groups excluding carboxylic acids is 2. The molecule has 9 heteroatoms. The fourth-order valence-electron chi connectivity index (χ4n) is 3.77. The van der Waals surface area contributed by atoms with Gasteiger partial charge in [0.25, 0.3) is 5.91 Å². The van der Waals surface area contributed by atoms with Gasteiger partial charge >= 0.3 is 6.03 Å². The minimum atomic E-state index is -0.478. The number of nitrogen functional groups attached to an aromatic ring is 1. The van der Waals surface area contributed by atoms with Crippen LogP contribution < -0.4 is 16.4 Å². The molecular formula is C24H20FN5O2S. The third-order valence-corrected chi connectivity index (χ3v) is 6.66. The summed E-state index contributed by atoms with van der Waals surface area (Å²) in [6, 6.07) is 15.0. The van der Waals surface area contributed by atoms with Crippen LogP contribution >= 0.6 is 11.3 Å². The Morgan fingerprint density at radius 3 is 2.82 bits per heavy atom.